The maximum Gasteiger partial charge on any atom is 0.191 e. The number of rotatable bonds is 4. The Morgan fingerprint density at radius 3 is 2.55 bits per heavy atom. The maximum absolute atomic E-state index is 6.15. The molecule has 0 radical (unpaired) electrons. The van der Waals surface area contributed by atoms with Gasteiger partial charge >= 0.3 is 0 Å². The number of para-hydroxylation sites is 1. The molecule has 2 N–H and O–H groups in total. The molecule has 0 saturated carbocycles. The van der Waals surface area contributed by atoms with Crippen LogP contribution in [0.4, 0.5) is 5.82 Å². The number of aliphatic imine (C=N–C) groups is 1. The Bertz CT molecular complexity index is 940. The highest BCUT2D eigenvalue weighted by Gasteiger charge is 2.34. The van der Waals surface area contributed by atoms with Gasteiger partial charge in [0.15, 0.2) is 5.96 Å². The molecule has 3 unspecified atom stereocenters. The fourth-order valence-corrected chi connectivity index (χ4v) is 4.55. The molecule has 3 atom stereocenters. The van der Waals surface area contributed by atoms with Gasteiger partial charge in [0, 0.05) is 44.9 Å². The molecule has 0 aliphatic carbocycles. The van der Waals surface area contributed by atoms with Crippen LogP contribution in [0, 0.1) is 0 Å². The number of ether oxygens (including phenoxy) is 2. The molecule has 8 heteroatoms. The van der Waals surface area contributed by atoms with E-state index in [0.717, 1.165) is 48.2 Å². The molecule has 0 amide bonds. The van der Waals surface area contributed by atoms with Crippen molar-refractivity contribution in [3.05, 3.63) is 53.7 Å². The van der Waals surface area contributed by atoms with Gasteiger partial charge in [0.1, 0.15) is 17.2 Å². The minimum absolute atomic E-state index is 0. The summed E-state index contributed by atoms with van der Waals surface area (Å²) in [7, 11) is 1.80. The Morgan fingerprint density at radius 1 is 1.15 bits per heavy atom. The molecule has 1 aromatic carbocycles. The second-order valence-corrected chi connectivity index (χ2v) is 9.41. The van der Waals surface area contributed by atoms with Gasteiger partial charge in [-0.25, -0.2) is 4.98 Å². The highest BCUT2D eigenvalue weighted by atomic mass is 127. The van der Waals surface area contributed by atoms with Gasteiger partial charge in [-0.3, -0.25) is 4.99 Å². The first-order valence-corrected chi connectivity index (χ1v) is 11.4. The number of fused-ring (bicyclic) bond motifs is 1. The normalized spacial score (nSPS) is 24.2. The second kappa shape index (κ2) is 10.9. The Labute approximate surface area is 214 Å². The molecule has 0 bridgehead atoms. The maximum atomic E-state index is 6.15. The van der Waals surface area contributed by atoms with Gasteiger partial charge in [0.25, 0.3) is 0 Å². The number of nitrogens with zero attached hydrogens (tertiary/aromatic N) is 3. The van der Waals surface area contributed by atoms with Gasteiger partial charge in [-0.1, -0.05) is 24.3 Å². The number of nitrogens with one attached hydrogen (secondary N) is 2. The largest absolute Gasteiger partial charge is 0.487 e. The van der Waals surface area contributed by atoms with E-state index in [1.807, 2.05) is 18.3 Å². The van der Waals surface area contributed by atoms with E-state index in [-0.39, 0.29) is 47.8 Å². The smallest absolute Gasteiger partial charge is 0.191 e. The molecule has 1 saturated heterocycles. The van der Waals surface area contributed by atoms with E-state index in [2.05, 4.69) is 72.5 Å². The summed E-state index contributed by atoms with van der Waals surface area (Å²) in [6.07, 6.45) is 3.23. The molecule has 2 aromatic rings. The Morgan fingerprint density at radius 2 is 1.88 bits per heavy atom. The van der Waals surface area contributed by atoms with E-state index in [1.165, 1.54) is 0 Å². The summed E-state index contributed by atoms with van der Waals surface area (Å²) >= 11 is 0. The van der Waals surface area contributed by atoms with Crippen LogP contribution in [0.5, 0.6) is 5.75 Å². The number of morpholine rings is 1. The molecule has 7 nitrogen and oxygen atoms in total. The van der Waals surface area contributed by atoms with E-state index in [9.17, 15) is 0 Å². The third kappa shape index (κ3) is 6.50. The molecule has 4 rings (SSSR count). The number of benzene rings is 1. The van der Waals surface area contributed by atoms with Gasteiger partial charge in [-0.2, -0.15) is 0 Å². The number of anilines is 1. The average Bonchev–Trinajstić information content (AvgIpc) is 2.75. The highest BCUT2D eigenvalue weighted by molar-refractivity contribution is 14.0. The first-order chi connectivity index (χ1) is 15.3. The quantitative estimate of drug-likeness (QED) is 0.328. The predicted molar refractivity (Wildman–Crippen MR) is 144 cm³/mol. The van der Waals surface area contributed by atoms with Crippen LogP contribution in [0.25, 0.3) is 0 Å². The van der Waals surface area contributed by atoms with Crippen LogP contribution >= 0.6 is 24.0 Å². The summed E-state index contributed by atoms with van der Waals surface area (Å²) in [6, 6.07) is 12.6. The van der Waals surface area contributed by atoms with E-state index in [0.29, 0.717) is 6.54 Å². The van der Waals surface area contributed by atoms with E-state index in [1.54, 1.807) is 7.05 Å². The van der Waals surface area contributed by atoms with Crippen molar-refractivity contribution in [3.8, 4) is 5.75 Å². The Balaban J connectivity index is 0.00000306. The van der Waals surface area contributed by atoms with Gasteiger partial charge in [0.05, 0.1) is 18.2 Å². The standard InChI is InChI=1S/C25H35N5O2.HI/c1-17-15-30(16-18(2)31-17)23-11-10-19(13-27-23)14-28-24(26-5)29-21-12-25(3,4)32-22-9-7-6-8-20(21)22;/h6-11,13,17-18,21H,12,14-16H2,1-5H3,(H2,26,28,29);1H. The molecule has 2 aliphatic rings. The topological polar surface area (TPSA) is 71.0 Å². The monoisotopic (exact) mass is 565 g/mol. The van der Waals surface area contributed by atoms with E-state index < -0.39 is 0 Å². The summed E-state index contributed by atoms with van der Waals surface area (Å²) < 4.78 is 12.0. The van der Waals surface area contributed by atoms with Gasteiger partial charge in [0.2, 0.25) is 0 Å². The SMILES string of the molecule is CN=C(NCc1ccc(N2CC(C)OC(C)C2)nc1)NC1CC(C)(C)Oc2ccccc21.I. The molecule has 0 spiro atoms. The molecule has 33 heavy (non-hydrogen) atoms. The van der Waals surface area contributed by atoms with Gasteiger partial charge < -0.3 is 25.0 Å². The Kier molecular flexibility index (Phi) is 8.44. The van der Waals surface area contributed by atoms with Crippen LogP contribution in [0.3, 0.4) is 0 Å². The van der Waals surface area contributed by atoms with E-state index in [4.69, 9.17) is 14.5 Å². The van der Waals surface area contributed by atoms with Crippen molar-refractivity contribution < 1.29 is 9.47 Å². The van der Waals surface area contributed by atoms with Crippen molar-refractivity contribution in [2.24, 2.45) is 4.99 Å². The summed E-state index contributed by atoms with van der Waals surface area (Å²) in [5.41, 5.74) is 2.03. The molecular weight excluding hydrogens is 529 g/mol. The molecule has 3 heterocycles. The van der Waals surface area contributed by atoms with Crippen LogP contribution in [-0.2, 0) is 11.3 Å². The molecule has 1 aromatic heterocycles. The highest BCUT2D eigenvalue weighted by Crippen LogP contribution is 2.39. The molecular formula is C25H36IN5O2. The minimum atomic E-state index is -0.237. The second-order valence-electron chi connectivity index (χ2n) is 9.41. The lowest BCUT2D eigenvalue weighted by molar-refractivity contribution is -0.00546. The van der Waals surface area contributed by atoms with Crippen molar-refractivity contribution in [1.29, 1.82) is 0 Å². The fraction of sp³-hybridized carbons (Fsp3) is 0.520. The fourth-order valence-electron chi connectivity index (χ4n) is 4.55. The van der Waals surface area contributed by atoms with Crippen molar-refractivity contribution in [2.75, 3.05) is 25.0 Å². The van der Waals surface area contributed by atoms with Gasteiger partial charge in [-0.15, -0.1) is 24.0 Å². The predicted octanol–water partition coefficient (Wildman–Crippen LogP) is 4.28. The minimum Gasteiger partial charge on any atom is -0.487 e. The molecule has 180 valence electrons. The van der Waals surface area contributed by atoms with Crippen LogP contribution < -0.4 is 20.3 Å². The van der Waals surface area contributed by atoms with Crippen molar-refractivity contribution >= 4 is 35.8 Å². The van der Waals surface area contributed by atoms with Crippen molar-refractivity contribution in [2.45, 2.75) is 64.5 Å². The number of pyridine rings is 1. The zero-order chi connectivity index (χ0) is 22.7. The van der Waals surface area contributed by atoms with Crippen LogP contribution in [-0.4, -0.2) is 48.9 Å². The first-order valence-electron chi connectivity index (χ1n) is 11.4. The van der Waals surface area contributed by atoms with Gasteiger partial charge in [-0.05, 0) is 45.4 Å². The number of aromatic nitrogens is 1. The van der Waals surface area contributed by atoms with E-state index >= 15 is 0 Å². The summed E-state index contributed by atoms with van der Waals surface area (Å²) in [6.45, 7) is 10.9. The summed E-state index contributed by atoms with van der Waals surface area (Å²) in [5, 5.41) is 7.01. The van der Waals surface area contributed by atoms with Crippen LogP contribution in [0.1, 0.15) is 51.3 Å². The van der Waals surface area contributed by atoms with Crippen molar-refractivity contribution in [3.63, 3.8) is 0 Å². The third-order valence-electron chi connectivity index (χ3n) is 5.92. The molecule has 2 aliphatic heterocycles. The summed E-state index contributed by atoms with van der Waals surface area (Å²) in [5.74, 6) is 2.70. The zero-order valence-electron chi connectivity index (χ0n) is 20.2. The van der Waals surface area contributed by atoms with Crippen LogP contribution in [0.2, 0.25) is 0 Å². The number of hydrogen-bond donors (Lipinski definition) is 2. The first kappa shape index (κ1) is 25.6. The summed E-state index contributed by atoms with van der Waals surface area (Å²) in [4.78, 5) is 11.4. The third-order valence-corrected chi connectivity index (χ3v) is 5.92. The average molecular weight is 566 g/mol. The lowest BCUT2D eigenvalue weighted by Crippen LogP contribution is -2.46. The number of hydrogen-bond acceptors (Lipinski definition) is 5. The lowest BCUT2D eigenvalue weighted by Gasteiger charge is -2.38. The molecule has 1 fully saturated rings. The Hall–Kier alpha value is -2.07. The van der Waals surface area contributed by atoms with Crippen LogP contribution in [0.15, 0.2) is 47.6 Å². The lowest BCUT2D eigenvalue weighted by atomic mass is 9.90. The number of guanidine groups is 1. The number of halogens is 1. The zero-order valence-corrected chi connectivity index (χ0v) is 22.5. The van der Waals surface area contributed by atoms with Crippen molar-refractivity contribution in [1.82, 2.24) is 15.6 Å².